The summed E-state index contributed by atoms with van der Waals surface area (Å²) in [4.78, 5) is 52.0. The molecule has 1 aliphatic heterocycles. The van der Waals surface area contributed by atoms with Gasteiger partial charge in [-0.2, -0.15) is 0 Å². The van der Waals surface area contributed by atoms with E-state index in [4.69, 9.17) is 4.74 Å². The molecular formula is C28H24N2O5. The summed E-state index contributed by atoms with van der Waals surface area (Å²) in [7, 11) is 0. The molecule has 0 spiro atoms. The summed E-state index contributed by atoms with van der Waals surface area (Å²) < 4.78 is 5.16. The minimum absolute atomic E-state index is 0.0954. The number of fused-ring (bicyclic) bond motifs is 2. The van der Waals surface area contributed by atoms with Crippen LogP contribution in [0, 0.1) is 13.8 Å². The molecule has 0 unspecified atom stereocenters. The SMILES string of the molecule is Cc1ccc(C)c(N2C(=O)c3ccc(C(=O)OCC(=O)Nc4ccc5c(c4)CCC5)cc3C2=O)c1. The molecule has 3 aromatic carbocycles. The third-order valence-electron chi connectivity index (χ3n) is 6.44. The van der Waals surface area contributed by atoms with Crippen LogP contribution in [0.1, 0.15) is 59.7 Å². The van der Waals surface area contributed by atoms with Crippen molar-refractivity contribution in [3.63, 3.8) is 0 Å². The number of anilines is 2. The maximum atomic E-state index is 13.1. The molecule has 176 valence electrons. The minimum Gasteiger partial charge on any atom is -0.452 e. The Hall–Kier alpha value is -4.26. The highest BCUT2D eigenvalue weighted by Gasteiger charge is 2.38. The van der Waals surface area contributed by atoms with Crippen molar-refractivity contribution in [2.24, 2.45) is 0 Å². The number of rotatable bonds is 5. The average molecular weight is 469 g/mol. The first-order valence-corrected chi connectivity index (χ1v) is 11.5. The van der Waals surface area contributed by atoms with Crippen LogP contribution >= 0.6 is 0 Å². The molecule has 2 aliphatic rings. The fourth-order valence-electron chi connectivity index (χ4n) is 4.61. The maximum Gasteiger partial charge on any atom is 0.338 e. The van der Waals surface area contributed by atoms with Gasteiger partial charge in [0.15, 0.2) is 6.61 Å². The zero-order valence-corrected chi connectivity index (χ0v) is 19.5. The third kappa shape index (κ3) is 4.21. The topological polar surface area (TPSA) is 92.8 Å². The van der Waals surface area contributed by atoms with Crippen molar-refractivity contribution < 1.29 is 23.9 Å². The van der Waals surface area contributed by atoms with E-state index in [2.05, 4.69) is 5.32 Å². The Kier molecular flexibility index (Phi) is 5.68. The molecule has 0 fully saturated rings. The third-order valence-corrected chi connectivity index (χ3v) is 6.44. The van der Waals surface area contributed by atoms with Crippen LogP contribution in [0.5, 0.6) is 0 Å². The lowest BCUT2D eigenvalue weighted by atomic mass is 10.1. The molecule has 7 heteroatoms. The second-order valence-corrected chi connectivity index (χ2v) is 8.96. The number of hydrogen-bond donors (Lipinski definition) is 1. The zero-order chi connectivity index (χ0) is 24.7. The Morgan fingerprint density at radius 2 is 1.66 bits per heavy atom. The van der Waals surface area contributed by atoms with Crippen LogP contribution in [0.15, 0.2) is 54.6 Å². The number of imide groups is 1. The fourth-order valence-corrected chi connectivity index (χ4v) is 4.61. The predicted octanol–water partition coefficient (Wildman–Crippen LogP) is 4.39. The van der Waals surface area contributed by atoms with Crippen LogP contribution in [-0.4, -0.2) is 30.3 Å². The Morgan fingerprint density at radius 3 is 2.49 bits per heavy atom. The minimum atomic E-state index is -0.748. The number of aryl methyl sites for hydroxylation is 4. The molecule has 0 saturated heterocycles. The summed E-state index contributed by atoms with van der Waals surface area (Å²) in [5.74, 6) is -2.14. The number of esters is 1. The smallest absolute Gasteiger partial charge is 0.338 e. The van der Waals surface area contributed by atoms with Crippen LogP contribution in [0.4, 0.5) is 11.4 Å². The van der Waals surface area contributed by atoms with Crippen molar-refractivity contribution in [1.29, 1.82) is 0 Å². The first-order chi connectivity index (χ1) is 16.8. The van der Waals surface area contributed by atoms with Gasteiger partial charge in [-0.05, 0) is 91.8 Å². The highest BCUT2D eigenvalue weighted by molar-refractivity contribution is 6.35. The lowest BCUT2D eigenvalue weighted by Crippen LogP contribution is -2.30. The molecular weight excluding hydrogens is 444 g/mol. The van der Waals surface area contributed by atoms with E-state index >= 15 is 0 Å². The predicted molar refractivity (Wildman–Crippen MR) is 131 cm³/mol. The van der Waals surface area contributed by atoms with Crippen molar-refractivity contribution in [2.75, 3.05) is 16.8 Å². The van der Waals surface area contributed by atoms with Gasteiger partial charge in [-0.15, -0.1) is 0 Å². The average Bonchev–Trinajstić information content (AvgIpc) is 3.41. The quantitative estimate of drug-likeness (QED) is 0.443. The zero-order valence-electron chi connectivity index (χ0n) is 19.5. The first-order valence-electron chi connectivity index (χ1n) is 11.5. The highest BCUT2D eigenvalue weighted by Crippen LogP contribution is 2.32. The number of amides is 3. The first kappa shape index (κ1) is 22.5. The van der Waals surface area contributed by atoms with Crippen molar-refractivity contribution in [3.8, 4) is 0 Å². The number of nitrogens with zero attached hydrogens (tertiary/aromatic N) is 1. The van der Waals surface area contributed by atoms with E-state index in [1.165, 1.54) is 29.3 Å². The number of nitrogens with one attached hydrogen (secondary N) is 1. The summed E-state index contributed by atoms with van der Waals surface area (Å²) in [5.41, 5.74) is 5.88. The standard InChI is InChI=1S/C28H24N2O5/c1-16-6-7-17(2)24(12-16)30-26(32)22-11-9-20(14-23(22)27(30)33)28(34)35-15-25(31)29-21-10-8-18-4-3-5-19(18)13-21/h6-14H,3-5,15H2,1-2H3,(H,29,31). The van der Waals surface area contributed by atoms with Gasteiger partial charge < -0.3 is 10.1 Å². The molecule has 1 N–H and O–H groups in total. The van der Waals surface area contributed by atoms with E-state index in [9.17, 15) is 19.2 Å². The summed E-state index contributed by atoms with van der Waals surface area (Å²) in [6.07, 6.45) is 3.16. The molecule has 0 saturated carbocycles. The number of hydrogen-bond acceptors (Lipinski definition) is 5. The molecule has 3 amide bonds. The Morgan fingerprint density at radius 1 is 0.886 bits per heavy atom. The second-order valence-electron chi connectivity index (χ2n) is 8.96. The number of ether oxygens (including phenoxy) is 1. The largest absolute Gasteiger partial charge is 0.452 e. The molecule has 5 rings (SSSR count). The van der Waals surface area contributed by atoms with Crippen LogP contribution in [0.3, 0.4) is 0 Å². The lowest BCUT2D eigenvalue weighted by molar-refractivity contribution is -0.119. The van der Waals surface area contributed by atoms with Gasteiger partial charge in [-0.1, -0.05) is 18.2 Å². The monoisotopic (exact) mass is 468 g/mol. The molecule has 0 atom stereocenters. The van der Waals surface area contributed by atoms with Crippen molar-refractivity contribution in [2.45, 2.75) is 33.1 Å². The second kappa shape index (κ2) is 8.83. The molecule has 1 heterocycles. The van der Waals surface area contributed by atoms with Crippen LogP contribution in [0.2, 0.25) is 0 Å². The van der Waals surface area contributed by atoms with Gasteiger partial charge in [-0.25, -0.2) is 9.69 Å². The Labute approximate surface area is 202 Å². The molecule has 7 nitrogen and oxygen atoms in total. The normalized spacial score (nSPS) is 14.1. The molecule has 0 radical (unpaired) electrons. The molecule has 3 aromatic rings. The number of carbonyl (C=O) groups excluding carboxylic acids is 4. The van der Waals surface area contributed by atoms with E-state index < -0.39 is 30.3 Å². The highest BCUT2D eigenvalue weighted by atomic mass is 16.5. The fraction of sp³-hybridized carbons (Fsp3) is 0.214. The molecule has 1 aliphatic carbocycles. The summed E-state index contributed by atoms with van der Waals surface area (Å²) >= 11 is 0. The Bertz CT molecular complexity index is 1410. The van der Waals surface area contributed by atoms with Crippen molar-refractivity contribution in [1.82, 2.24) is 0 Å². The maximum absolute atomic E-state index is 13.1. The van der Waals surface area contributed by atoms with E-state index in [1.807, 2.05) is 44.2 Å². The van der Waals surface area contributed by atoms with E-state index in [-0.39, 0.29) is 16.7 Å². The van der Waals surface area contributed by atoms with E-state index in [0.29, 0.717) is 11.4 Å². The van der Waals surface area contributed by atoms with Crippen LogP contribution in [-0.2, 0) is 22.4 Å². The lowest BCUT2D eigenvalue weighted by Gasteiger charge is -2.17. The van der Waals surface area contributed by atoms with Gasteiger partial charge in [0.05, 0.1) is 22.4 Å². The molecule has 0 bridgehead atoms. The summed E-state index contributed by atoms with van der Waals surface area (Å²) in [6.45, 7) is 3.25. The van der Waals surface area contributed by atoms with Crippen LogP contribution in [0.25, 0.3) is 0 Å². The van der Waals surface area contributed by atoms with E-state index in [1.54, 1.807) is 6.07 Å². The van der Waals surface area contributed by atoms with Crippen molar-refractivity contribution in [3.05, 3.63) is 93.5 Å². The van der Waals surface area contributed by atoms with Crippen molar-refractivity contribution >= 4 is 35.1 Å². The van der Waals surface area contributed by atoms with Gasteiger partial charge in [0, 0.05) is 5.69 Å². The molecule has 35 heavy (non-hydrogen) atoms. The molecule has 0 aromatic heterocycles. The van der Waals surface area contributed by atoms with Gasteiger partial charge in [0.2, 0.25) is 0 Å². The van der Waals surface area contributed by atoms with Gasteiger partial charge >= 0.3 is 5.97 Å². The van der Waals surface area contributed by atoms with Crippen LogP contribution < -0.4 is 10.2 Å². The Balaban J connectivity index is 1.27. The van der Waals surface area contributed by atoms with Gasteiger partial charge in [0.25, 0.3) is 17.7 Å². The number of benzene rings is 3. The number of carbonyl (C=O) groups is 4. The summed E-state index contributed by atoms with van der Waals surface area (Å²) in [5, 5.41) is 2.75. The van der Waals surface area contributed by atoms with E-state index in [0.717, 1.165) is 35.3 Å². The summed E-state index contributed by atoms with van der Waals surface area (Å²) in [6, 6.07) is 15.6. The van der Waals surface area contributed by atoms with Gasteiger partial charge in [0.1, 0.15) is 0 Å². The van der Waals surface area contributed by atoms with Gasteiger partial charge in [-0.3, -0.25) is 14.4 Å².